The van der Waals surface area contributed by atoms with Crippen molar-refractivity contribution in [3.05, 3.63) is 71.9 Å². The summed E-state index contributed by atoms with van der Waals surface area (Å²) in [4.78, 5) is 29.7. The molecule has 1 atom stereocenters. The molecule has 0 saturated carbocycles. The molecule has 2 aliphatic rings. The third-order valence-electron chi connectivity index (χ3n) is 6.02. The first-order chi connectivity index (χ1) is 14.1. The van der Waals surface area contributed by atoms with Gasteiger partial charge in [-0.25, -0.2) is 0 Å². The maximum Gasteiger partial charge on any atom is 0.253 e. The van der Waals surface area contributed by atoms with Gasteiger partial charge < -0.3 is 20.9 Å². The van der Waals surface area contributed by atoms with E-state index in [0.717, 1.165) is 17.7 Å². The average molecular weight is 388 g/mol. The van der Waals surface area contributed by atoms with E-state index in [2.05, 4.69) is 0 Å². The standard InChI is InChI=1S/C23H24N4O2/c24-14-19(15-25)17-6-8-20(9-7-17)27-13-11-23(22(27)29)10-12-26(16-23)21(28)18-4-2-1-3-5-18/h1-9,14-15,24H,10-13,16,25H2/b19-15+,24-14?. The average Bonchev–Trinajstić information content (AvgIpc) is 3.34. The molecule has 148 valence electrons. The summed E-state index contributed by atoms with van der Waals surface area (Å²) in [5.74, 6) is 0.0843. The summed E-state index contributed by atoms with van der Waals surface area (Å²) in [6.45, 7) is 1.73. The van der Waals surface area contributed by atoms with Gasteiger partial charge in [0, 0.05) is 48.9 Å². The van der Waals surface area contributed by atoms with Crippen LogP contribution in [0.4, 0.5) is 5.69 Å². The molecule has 3 N–H and O–H groups in total. The van der Waals surface area contributed by atoms with Crippen LogP contribution in [0.1, 0.15) is 28.8 Å². The third-order valence-corrected chi connectivity index (χ3v) is 6.02. The van der Waals surface area contributed by atoms with Gasteiger partial charge in [-0.1, -0.05) is 30.3 Å². The Labute approximate surface area is 170 Å². The molecule has 2 aliphatic heterocycles. The van der Waals surface area contributed by atoms with Crippen molar-refractivity contribution in [3.63, 3.8) is 0 Å². The maximum absolute atomic E-state index is 13.3. The molecule has 1 unspecified atom stereocenters. The highest BCUT2D eigenvalue weighted by Gasteiger charge is 2.52. The molecule has 2 amide bonds. The van der Waals surface area contributed by atoms with Crippen molar-refractivity contribution >= 4 is 29.3 Å². The van der Waals surface area contributed by atoms with Crippen molar-refractivity contribution in [1.82, 2.24) is 4.90 Å². The van der Waals surface area contributed by atoms with Crippen LogP contribution in [0.3, 0.4) is 0 Å². The number of nitrogens with two attached hydrogens (primary N) is 1. The van der Waals surface area contributed by atoms with Gasteiger partial charge >= 0.3 is 0 Å². The van der Waals surface area contributed by atoms with E-state index in [9.17, 15) is 9.59 Å². The molecule has 2 saturated heterocycles. The number of allylic oxidation sites excluding steroid dienone is 1. The Morgan fingerprint density at radius 3 is 2.34 bits per heavy atom. The first-order valence-corrected chi connectivity index (χ1v) is 9.77. The molecule has 6 heteroatoms. The first-order valence-electron chi connectivity index (χ1n) is 9.77. The summed E-state index contributed by atoms with van der Waals surface area (Å²) in [6, 6.07) is 16.8. The van der Waals surface area contributed by atoms with Crippen LogP contribution < -0.4 is 10.6 Å². The summed E-state index contributed by atoms with van der Waals surface area (Å²) < 4.78 is 0. The van der Waals surface area contributed by atoms with Crippen LogP contribution in [0.5, 0.6) is 0 Å². The van der Waals surface area contributed by atoms with Crippen molar-refractivity contribution in [1.29, 1.82) is 5.41 Å². The molecular formula is C23H24N4O2. The lowest BCUT2D eigenvalue weighted by molar-refractivity contribution is -0.124. The van der Waals surface area contributed by atoms with Crippen molar-refractivity contribution in [3.8, 4) is 0 Å². The van der Waals surface area contributed by atoms with Gasteiger partial charge in [0.25, 0.3) is 5.91 Å². The minimum Gasteiger partial charge on any atom is -0.404 e. The highest BCUT2D eigenvalue weighted by atomic mass is 16.2. The molecule has 0 bridgehead atoms. The molecule has 1 spiro atoms. The van der Waals surface area contributed by atoms with Gasteiger partial charge in [0.15, 0.2) is 0 Å². The number of carbonyl (C=O) groups is 2. The van der Waals surface area contributed by atoms with Crippen molar-refractivity contribution in [2.75, 3.05) is 24.5 Å². The van der Waals surface area contributed by atoms with E-state index in [4.69, 9.17) is 11.1 Å². The number of hydrogen-bond donors (Lipinski definition) is 2. The molecule has 2 fully saturated rings. The number of likely N-dealkylation sites (tertiary alicyclic amines) is 1. The van der Waals surface area contributed by atoms with E-state index in [1.54, 1.807) is 0 Å². The number of nitrogens with zero attached hydrogens (tertiary/aromatic N) is 2. The Kier molecular flexibility index (Phi) is 4.92. The molecule has 4 rings (SSSR count). The molecule has 2 heterocycles. The molecule has 0 aliphatic carbocycles. The second kappa shape index (κ2) is 7.54. The van der Waals surface area contributed by atoms with Gasteiger partial charge in [-0.05, 0) is 42.7 Å². The Morgan fingerprint density at radius 1 is 1.00 bits per heavy atom. The molecule has 2 aromatic rings. The quantitative estimate of drug-likeness (QED) is 0.789. The fourth-order valence-corrected chi connectivity index (χ4v) is 4.32. The lowest BCUT2D eigenvalue weighted by Crippen LogP contribution is -2.38. The number of benzene rings is 2. The van der Waals surface area contributed by atoms with E-state index in [1.807, 2.05) is 64.4 Å². The van der Waals surface area contributed by atoms with E-state index in [1.165, 1.54) is 12.4 Å². The van der Waals surface area contributed by atoms with Gasteiger partial charge in [0.2, 0.25) is 5.91 Å². The van der Waals surface area contributed by atoms with E-state index >= 15 is 0 Å². The van der Waals surface area contributed by atoms with Crippen molar-refractivity contribution < 1.29 is 9.59 Å². The van der Waals surface area contributed by atoms with Gasteiger partial charge in [-0.2, -0.15) is 0 Å². The number of rotatable bonds is 4. The number of carbonyl (C=O) groups excluding carboxylic acids is 2. The fourth-order valence-electron chi connectivity index (χ4n) is 4.32. The minimum absolute atomic E-state index is 0.00850. The Bertz CT molecular complexity index is 968. The largest absolute Gasteiger partial charge is 0.404 e. The minimum atomic E-state index is -0.486. The Morgan fingerprint density at radius 2 is 1.69 bits per heavy atom. The molecule has 29 heavy (non-hydrogen) atoms. The fraction of sp³-hybridized carbons (Fsp3) is 0.261. The zero-order chi connectivity index (χ0) is 20.4. The van der Waals surface area contributed by atoms with Crippen LogP contribution in [0.15, 0.2) is 60.8 Å². The third kappa shape index (κ3) is 3.31. The van der Waals surface area contributed by atoms with Crippen LogP contribution in [0.2, 0.25) is 0 Å². The predicted molar refractivity (Wildman–Crippen MR) is 114 cm³/mol. The van der Waals surface area contributed by atoms with Gasteiger partial charge in [-0.3, -0.25) is 9.59 Å². The lowest BCUT2D eigenvalue weighted by Gasteiger charge is -2.24. The molecule has 0 aromatic heterocycles. The number of hydrogen-bond acceptors (Lipinski definition) is 4. The van der Waals surface area contributed by atoms with Crippen LogP contribution in [-0.4, -0.2) is 42.6 Å². The maximum atomic E-state index is 13.3. The van der Waals surface area contributed by atoms with Gasteiger partial charge in [-0.15, -0.1) is 0 Å². The lowest BCUT2D eigenvalue weighted by atomic mass is 9.85. The van der Waals surface area contributed by atoms with Crippen molar-refractivity contribution in [2.45, 2.75) is 12.8 Å². The second-order valence-corrected chi connectivity index (χ2v) is 7.64. The Hall–Kier alpha value is -3.41. The second-order valence-electron chi connectivity index (χ2n) is 7.64. The highest BCUT2D eigenvalue weighted by Crippen LogP contribution is 2.42. The first kappa shape index (κ1) is 18.9. The predicted octanol–water partition coefficient (Wildman–Crippen LogP) is 2.90. The van der Waals surface area contributed by atoms with E-state index in [-0.39, 0.29) is 11.8 Å². The smallest absolute Gasteiger partial charge is 0.253 e. The topological polar surface area (TPSA) is 90.5 Å². The number of anilines is 1. The van der Waals surface area contributed by atoms with E-state index in [0.29, 0.717) is 37.2 Å². The zero-order valence-electron chi connectivity index (χ0n) is 16.2. The molecular weight excluding hydrogens is 364 g/mol. The van der Waals surface area contributed by atoms with Gasteiger partial charge in [0.05, 0.1) is 5.41 Å². The van der Waals surface area contributed by atoms with Gasteiger partial charge in [0.1, 0.15) is 0 Å². The molecule has 0 radical (unpaired) electrons. The van der Waals surface area contributed by atoms with Crippen LogP contribution >= 0.6 is 0 Å². The summed E-state index contributed by atoms with van der Waals surface area (Å²) in [6.07, 6.45) is 4.06. The van der Waals surface area contributed by atoms with Crippen molar-refractivity contribution in [2.24, 2.45) is 11.1 Å². The monoisotopic (exact) mass is 388 g/mol. The molecule has 6 nitrogen and oxygen atoms in total. The number of nitrogens with one attached hydrogen (secondary N) is 1. The van der Waals surface area contributed by atoms with Crippen LogP contribution in [0.25, 0.3) is 5.57 Å². The number of amides is 2. The van der Waals surface area contributed by atoms with Crippen LogP contribution in [0, 0.1) is 10.8 Å². The SMILES string of the molecule is N=C/C(=C\N)c1ccc(N2CCC3(CCN(C(=O)c4ccccc4)C3)C2=O)cc1. The summed E-state index contributed by atoms with van der Waals surface area (Å²) in [5, 5.41) is 7.40. The summed E-state index contributed by atoms with van der Waals surface area (Å²) in [7, 11) is 0. The van der Waals surface area contributed by atoms with E-state index < -0.39 is 5.41 Å². The summed E-state index contributed by atoms with van der Waals surface area (Å²) >= 11 is 0. The highest BCUT2D eigenvalue weighted by molar-refractivity contribution is 6.08. The zero-order valence-corrected chi connectivity index (χ0v) is 16.2. The normalized spacial score (nSPS) is 21.8. The molecule has 2 aromatic carbocycles. The summed E-state index contributed by atoms with van der Waals surface area (Å²) in [5.41, 5.74) is 8.03. The van der Waals surface area contributed by atoms with Crippen LogP contribution in [-0.2, 0) is 4.79 Å². The Balaban J connectivity index is 1.49.